The highest BCUT2D eigenvalue weighted by Gasteiger charge is 2.21. The topological polar surface area (TPSA) is 29.3 Å². The number of anilines is 1. The van der Waals surface area contributed by atoms with E-state index >= 15 is 0 Å². The molecule has 0 saturated heterocycles. The van der Waals surface area contributed by atoms with Crippen molar-refractivity contribution in [2.45, 2.75) is 19.9 Å². The van der Waals surface area contributed by atoms with Gasteiger partial charge in [0, 0.05) is 13.1 Å². The third-order valence-electron chi connectivity index (χ3n) is 3.68. The van der Waals surface area contributed by atoms with Gasteiger partial charge in [0.15, 0.2) is 0 Å². The van der Waals surface area contributed by atoms with Gasteiger partial charge in [0.1, 0.15) is 11.6 Å². The molecule has 2 nitrogen and oxygen atoms in total. The molecule has 0 fully saturated rings. The number of nitrogens with zero attached hydrogens (tertiary/aromatic N) is 1. The summed E-state index contributed by atoms with van der Waals surface area (Å²) in [6, 6.07) is 11.4. The molecule has 1 unspecified atom stereocenters. The molecular weight excluding hydrogens is 270 g/mol. The predicted molar refractivity (Wildman–Crippen MR) is 82.4 cm³/mol. The molecule has 0 aromatic heterocycles. The minimum Gasteiger partial charge on any atom is -0.361 e. The number of likely N-dealkylation sites (N-methyl/N-ethyl adjacent to an activating group) is 1. The Hall–Kier alpha value is -1.94. The number of benzene rings is 2. The number of aryl methyl sites for hydroxylation is 1. The van der Waals surface area contributed by atoms with Crippen molar-refractivity contribution >= 4 is 5.69 Å². The summed E-state index contributed by atoms with van der Waals surface area (Å²) in [5, 5.41) is 0. The molecule has 2 rings (SSSR count). The first-order valence-electron chi connectivity index (χ1n) is 7.05. The van der Waals surface area contributed by atoms with Crippen LogP contribution in [0.25, 0.3) is 0 Å². The van der Waals surface area contributed by atoms with Crippen molar-refractivity contribution in [2.24, 2.45) is 5.73 Å². The third-order valence-corrected chi connectivity index (χ3v) is 3.68. The lowest BCUT2D eigenvalue weighted by Crippen LogP contribution is -2.34. The summed E-state index contributed by atoms with van der Waals surface area (Å²) in [5.41, 5.74) is 7.69. The smallest absolute Gasteiger partial charge is 0.146 e. The predicted octanol–water partition coefficient (Wildman–Crippen LogP) is 3.80. The summed E-state index contributed by atoms with van der Waals surface area (Å²) in [6.45, 7) is 4.51. The van der Waals surface area contributed by atoms with Gasteiger partial charge >= 0.3 is 0 Å². The standard InChI is InChI=1S/C17H20F2N2/c1-3-21(16-7-5-4-6-14(16)18)17(11-20)13-9-8-12(2)15(19)10-13/h4-10,17H,3,11,20H2,1-2H3. The second-order valence-electron chi connectivity index (χ2n) is 5.00. The fraction of sp³-hybridized carbons (Fsp3) is 0.294. The van der Waals surface area contributed by atoms with Crippen LogP contribution >= 0.6 is 0 Å². The lowest BCUT2D eigenvalue weighted by Gasteiger charge is -2.32. The highest BCUT2D eigenvalue weighted by Crippen LogP contribution is 2.29. The molecule has 0 amide bonds. The molecule has 21 heavy (non-hydrogen) atoms. The minimum atomic E-state index is -0.301. The Morgan fingerprint density at radius 3 is 2.38 bits per heavy atom. The van der Waals surface area contributed by atoms with Gasteiger partial charge in [-0.15, -0.1) is 0 Å². The molecular formula is C17H20F2N2. The van der Waals surface area contributed by atoms with Crippen molar-refractivity contribution < 1.29 is 8.78 Å². The van der Waals surface area contributed by atoms with Gasteiger partial charge in [0.25, 0.3) is 0 Å². The monoisotopic (exact) mass is 290 g/mol. The van der Waals surface area contributed by atoms with Crippen molar-refractivity contribution in [1.82, 2.24) is 0 Å². The van der Waals surface area contributed by atoms with Crippen LogP contribution in [0.15, 0.2) is 42.5 Å². The van der Waals surface area contributed by atoms with E-state index in [-0.39, 0.29) is 24.2 Å². The summed E-state index contributed by atoms with van der Waals surface area (Å²) in [4.78, 5) is 1.86. The molecule has 2 N–H and O–H groups in total. The maximum Gasteiger partial charge on any atom is 0.146 e. The van der Waals surface area contributed by atoms with Crippen LogP contribution in [-0.2, 0) is 0 Å². The lowest BCUT2D eigenvalue weighted by atomic mass is 10.0. The zero-order chi connectivity index (χ0) is 15.4. The SMILES string of the molecule is CCN(c1ccccc1F)C(CN)c1ccc(C)c(F)c1. The van der Waals surface area contributed by atoms with E-state index in [1.165, 1.54) is 12.1 Å². The van der Waals surface area contributed by atoms with Gasteiger partial charge in [-0.2, -0.15) is 0 Å². The lowest BCUT2D eigenvalue weighted by molar-refractivity contribution is 0.580. The van der Waals surface area contributed by atoms with E-state index in [9.17, 15) is 8.78 Å². The zero-order valence-electron chi connectivity index (χ0n) is 12.3. The van der Waals surface area contributed by atoms with Gasteiger partial charge in [-0.25, -0.2) is 8.78 Å². The Morgan fingerprint density at radius 2 is 1.81 bits per heavy atom. The van der Waals surface area contributed by atoms with Gasteiger partial charge in [0.2, 0.25) is 0 Å². The van der Waals surface area contributed by atoms with Crippen molar-refractivity contribution in [1.29, 1.82) is 0 Å². The van der Waals surface area contributed by atoms with E-state index in [2.05, 4.69) is 0 Å². The van der Waals surface area contributed by atoms with E-state index in [4.69, 9.17) is 5.73 Å². The maximum atomic E-state index is 14.0. The molecule has 0 spiro atoms. The third kappa shape index (κ3) is 3.22. The average Bonchev–Trinajstić information content (AvgIpc) is 2.49. The Kier molecular flexibility index (Phi) is 4.91. The number of para-hydroxylation sites is 1. The summed E-state index contributed by atoms with van der Waals surface area (Å²) in [6.07, 6.45) is 0. The zero-order valence-corrected chi connectivity index (χ0v) is 12.3. The fourth-order valence-corrected chi connectivity index (χ4v) is 2.50. The fourth-order valence-electron chi connectivity index (χ4n) is 2.50. The quantitative estimate of drug-likeness (QED) is 0.907. The molecule has 0 aliphatic heterocycles. The van der Waals surface area contributed by atoms with Crippen molar-refractivity contribution in [3.05, 3.63) is 65.2 Å². The van der Waals surface area contributed by atoms with Gasteiger partial charge in [-0.05, 0) is 43.2 Å². The summed E-state index contributed by atoms with van der Waals surface area (Å²) in [5.74, 6) is -0.569. The molecule has 112 valence electrons. The second-order valence-corrected chi connectivity index (χ2v) is 5.00. The Morgan fingerprint density at radius 1 is 1.10 bits per heavy atom. The first-order chi connectivity index (χ1) is 10.1. The first-order valence-corrected chi connectivity index (χ1v) is 7.05. The summed E-state index contributed by atoms with van der Waals surface area (Å²) >= 11 is 0. The van der Waals surface area contributed by atoms with Crippen LogP contribution in [-0.4, -0.2) is 13.1 Å². The normalized spacial score (nSPS) is 12.2. The number of rotatable bonds is 5. The van der Waals surface area contributed by atoms with Crippen LogP contribution in [0.2, 0.25) is 0 Å². The van der Waals surface area contributed by atoms with E-state index in [0.717, 1.165) is 5.56 Å². The van der Waals surface area contributed by atoms with Crippen molar-refractivity contribution in [3.8, 4) is 0 Å². The van der Waals surface area contributed by atoms with Crippen LogP contribution in [0.4, 0.5) is 14.5 Å². The molecule has 0 radical (unpaired) electrons. The average molecular weight is 290 g/mol. The molecule has 0 saturated carbocycles. The summed E-state index contributed by atoms with van der Waals surface area (Å²) < 4.78 is 27.8. The molecule has 0 aliphatic rings. The number of nitrogens with two attached hydrogens (primary N) is 1. The Labute approximate surface area is 124 Å². The maximum absolute atomic E-state index is 14.0. The number of halogens is 2. The van der Waals surface area contributed by atoms with E-state index in [1.54, 1.807) is 31.2 Å². The van der Waals surface area contributed by atoms with Crippen LogP contribution < -0.4 is 10.6 Å². The van der Waals surface area contributed by atoms with Gasteiger partial charge < -0.3 is 10.6 Å². The highest BCUT2D eigenvalue weighted by atomic mass is 19.1. The van der Waals surface area contributed by atoms with Gasteiger partial charge in [-0.1, -0.05) is 24.3 Å². The highest BCUT2D eigenvalue weighted by molar-refractivity contribution is 5.50. The second kappa shape index (κ2) is 6.68. The molecule has 1 atom stereocenters. The molecule has 2 aromatic carbocycles. The molecule has 0 heterocycles. The van der Waals surface area contributed by atoms with Gasteiger partial charge in [-0.3, -0.25) is 0 Å². The first kappa shape index (κ1) is 15.4. The number of hydrogen-bond acceptors (Lipinski definition) is 2. The largest absolute Gasteiger partial charge is 0.361 e. The number of hydrogen-bond donors (Lipinski definition) is 1. The van der Waals surface area contributed by atoms with E-state index in [0.29, 0.717) is 17.8 Å². The Bertz CT molecular complexity index is 613. The minimum absolute atomic E-state index is 0.262. The molecule has 0 aliphatic carbocycles. The van der Waals surface area contributed by atoms with Crippen LogP contribution in [0.5, 0.6) is 0 Å². The summed E-state index contributed by atoms with van der Waals surface area (Å²) in [7, 11) is 0. The van der Waals surface area contributed by atoms with Crippen molar-refractivity contribution in [2.75, 3.05) is 18.0 Å². The van der Waals surface area contributed by atoms with Crippen LogP contribution in [0, 0.1) is 18.6 Å². The Balaban J connectivity index is 2.42. The van der Waals surface area contributed by atoms with E-state index in [1.807, 2.05) is 17.9 Å². The van der Waals surface area contributed by atoms with Crippen LogP contribution in [0.3, 0.4) is 0 Å². The molecule has 4 heteroatoms. The van der Waals surface area contributed by atoms with E-state index < -0.39 is 0 Å². The molecule has 2 aromatic rings. The van der Waals surface area contributed by atoms with Crippen LogP contribution in [0.1, 0.15) is 24.1 Å². The molecule has 0 bridgehead atoms. The van der Waals surface area contributed by atoms with Crippen molar-refractivity contribution in [3.63, 3.8) is 0 Å². The van der Waals surface area contributed by atoms with Gasteiger partial charge in [0.05, 0.1) is 11.7 Å².